The lowest BCUT2D eigenvalue weighted by atomic mass is 9.79. The van der Waals surface area contributed by atoms with Gasteiger partial charge in [0.15, 0.2) is 17.3 Å². The number of ketones is 1. The van der Waals surface area contributed by atoms with Crippen molar-refractivity contribution in [1.29, 1.82) is 0 Å². The molecule has 1 N–H and O–H groups in total. The molecule has 8 heteroatoms. The summed E-state index contributed by atoms with van der Waals surface area (Å²) in [5.41, 5.74) is 5.51. The van der Waals surface area contributed by atoms with Gasteiger partial charge in [0.05, 0.1) is 28.6 Å². The lowest BCUT2D eigenvalue weighted by molar-refractivity contribution is -0.136. The largest absolute Gasteiger partial charge is 0.490 e. The Kier molecular flexibility index (Phi) is 7.63. The summed E-state index contributed by atoms with van der Waals surface area (Å²) in [7, 11) is 1.35. The van der Waals surface area contributed by atoms with Crippen LogP contribution in [0.25, 0.3) is 5.70 Å². The van der Waals surface area contributed by atoms with Crippen molar-refractivity contribution >= 4 is 56.0 Å². The summed E-state index contributed by atoms with van der Waals surface area (Å²) >= 11 is 5.68. The molecule has 38 heavy (non-hydrogen) atoms. The summed E-state index contributed by atoms with van der Waals surface area (Å²) in [4.78, 5) is 26.7. The van der Waals surface area contributed by atoms with Crippen LogP contribution in [0.5, 0.6) is 11.5 Å². The topological polar surface area (TPSA) is 73.9 Å². The third kappa shape index (κ3) is 4.75. The molecular weight excluding hydrogens is 661 g/mol. The molecule has 0 bridgehead atoms. The molecule has 0 fully saturated rings. The van der Waals surface area contributed by atoms with Crippen LogP contribution in [0.3, 0.4) is 0 Å². The highest BCUT2D eigenvalue weighted by atomic mass is 127. The summed E-state index contributed by atoms with van der Waals surface area (Å²) < 4.78 is 19.2. The van der Waals surface area contributed by atoms with Gasteiger partial charge in [-0.05, 0) is 71.8 Å². The van der Waals surface area contributed by atoms with Crippen molar-refractivity contribution in [2.45, 2.75) is 26.4 Å². The maximum Gasteiger partial charge on any atom is 0.336 e. The second kappa shape index (κ2) is 10.9. The minimum atomic E-state index is -0.633. The number of hydrogen-bond donors (Lipinski definition) is 1. The Hall–Kier alpha value is -3.11. The first-order valence-corrected chi connectivity index (χ1v) is 14.0. The Labute approximate surface area is 243 Å². The number of carbonyl (C=O) groups excluding carboxylic acids is 2. The van der Waals surface area contributed by atoms with Crippen molar-refractivity contribution < 1.29 is 23.8 Å². The summed E-state index contributed by atoms with van der Waals surface area (Å²) in [6.07, 6.45) is 0. The number of dihydropyridines is 1. The Morgan fingerprint density at radius 1 is 1.05 bits per heavy atom. The van der Waals surface area contributed by atoms with Crippen LogP contribution in [0, 0.1) is 3.57 Å². The first-order valence-electron chi connectivity index (χ1n) is 12.1. The normalized spacial score (nSPS) is 16.1. The molecule has 0 saturated carbocycles. The van der Waals surface area contributed by atoms with Crippen LogP contribution in [0.15, 0.2) is 82.0 Å². The first-order chi connectivity index (χ1) is 18.3. The van der Waals surface area contributed by atoms with E-state index in [-0.39, 0.29) is 5.78 Å². The molecule has 0 saturated heterocycles. The number of carbonyl (C=O) groups is 2. The Bertz CT molecular complexity index is 1510. The number of methoxy groups -OCH3 is 1. The lowest BCUT2D eigenvalue weighted by Crippen LogP contribution is -2.29. The maximum absolute atomic E-state index is 13.7. The predicted molar refractivity (Wildman–Crippen MR) is 157 cm³/mol. The zero-order valence-electron chi connectivity index (χ0n) is 21.1. The highest BCUT2D eigenvalue weighted by Gasteiger charge is 2.43. The number of esters is 1. The summed E-state index contributed by atoms with van der Waals surface area (Å²) in [6, 6.07) is 19.2. The summed E-state index contributed by atoms with van der Waals surface area (Å²) in [5.74, 6) is -0.0585. The molecule has 0 spiro atoms. The molecule has 0 unspecified atom stereocenters. The van der Waals surface area contributed by atoms with Crippen LogP contribution in [0.1, 0.15) is 46.8 Å². The number of Topliss-reactive ketones (excluding diaryl/α,β-unsaturated/α-hetero) is 1. The SMILES string of the molecule is CCOc1cc([C@@H]2C(C(=O)OC)=C(C)NC3=C2C(=O)c2ccccc23)cc(I)c1OCc1ccc(Br)cc1. The average Bonchev–Trinajstić information content (AvgIpc) is 3.19. The van der Waals surface area contributed by atoms with E-state index in [9.17, 15) is 9.59 Å². The van der Waals surface area contributed by atoms with Gasteiger partial charge in [0, 0.05) is 32.8 Å². The standard InChI is InChI=1S/C30H25BrINO5/c1-4-37-23-14-18(13-22(32)29(23)38-15-17-9-11-19(31)12-10-17)25-24(30(35)36-3)16(2)33-27-20-7-5-6-8-21(20)28(34)26(25)27/h5-14,25,33H,4,15H2,1-3H3/t25-/m1/s1. The fourth-order valence-electron chi connectivity index (χ4n) is 4.94. The Balaban J connectivity index is 1.61. The van der Waals surface area contributed by atoms with Gasteiger partial charge in [0.1, 0.15) is 6.61 Å². The van der Waals surface area contributed by atoms with Gasteiger partial charge >= 0.3 is 5.97 Å². The molecule has 3 aromatic carbocycles. The molecule has 1 atom stereocenters. The summed E-state index contributed by atoms with van der Waals surface area (Å²) in [6.45, 7) is 4.53. The molecule has 1 aliphatic carbocycles. The number of ether oxygens (including phenoxy) is 3. The fraction of sp³-hybridized carbons (Fsp3) is 0.200. The van der Waals surface area contributed by atoms with Gasteiger partial charge in [-0.2, -0.15) is 0 Å². The van der Waals surface area contributed by atoms with Gasteiger partial charge in [0.2, 0.25) is 0 Å². The number of halogens is 2. The van der Waals surface area contributed by atoms with Crippen LogP contribution < -0.4 is 14.8 Å². The van der Waals surface area contributed by atoms with Gasteiger partial charge in [0.25, 0.3) is 0 Å². The van der Waals surface area contributed by atoms with Gasteiger partial charge in [-0.15, -0.1) is 0 Å². The molecular formula is C30H25BrINO5. The van der Waals surface area contributed by atoms with E-state index in [1.54, 1.807) is 0 Å². The monoisotopic (exact) mass is 685 g/mol. The van der Waals surface area contributed by atoms with Crippen molar-refractivity contribution in [3.63, 3.8) is 0 Å². The number of hydrogen-bond acceptors (Lipinski definition) is 6. The number of nitrogens with one attached hydrogen (secondary N) is 1. The van der Waals surface area contributed by atoms with Crippen molar-refractivity contribution in [1.82, 2.24) is 5.32 Å². The van der Waals surface area contributed by atoms with E-state index in [4.69, 9.17) is 14.2 Å². The van der Waals surface area contributed by atoms with E-state index < -0.39 is 11.9 Å². The second-order valence-electron chi connectivity index (χ2n) is 8.93. The van der Waals surface area contributed by atoms with Crippen molar-refractivity contribution in [2.24, 2.45) is 0 Å². The van der Waals surface area contributed by atoms with Crippen LogP contribution >= 0.6 is 38.5 Å². The van der Waals surface area contributed by atoms with E-state index in [0.717, 1.165) is 30.4 Å². The third-order valence-electron chi connectivity index (χ3n) is 6.62. The van der Waals surface area contributed by atoms with Gasteiger partial charge in [-0.25, -0.2) is 4.79 Å². The van der Waals surface area contributed by atoms with Crippen LogP contribution in [-0.2, 0) is 16.1 Å². The smallest absolute Gasteiger partial charge is 0.336 e. The van der Waals surface area contributed by atoms with E-state index >= 15 is 0 Å². The predicted octanol–water partition coefficient (Wildman–Crippen LogP) is 6.77. The Morgan fingerprint density at radius 3 is 2.45 bits per heavy atom. The van der Waals surface area contributed by atoms with E-state index in [2.05, 4.69) is 43.8 Å². The molecule has 0 radical (unpaired) electrons. The zero-order valence-corrected chi connectivity index (χ0v) is 24.8. The fourth-order valence-corrected chi connectivity index (χ4v) is 5.98. The van der Waals surface area contributed by atoms with E-state index in [1.807, 2.05) is 74.5 Å². The average molecular weight is 686 g/mol. The second-order valence-corrected chi connectivity index (χ2v) is 11.0. The van der Waals surface area contributed by atoms with Crippen LogP contribution in [-0.4, -0.2) is 25.5 Å². The molecule has 194 valence electrons. The molecule has 0 aromatic heterocycles. The summed E-state index contributed by atoms with van der Waals surface area (Å²) in [5, 5.41) is 3.31. The Morgan fingerprint density at radius 2 is 1.76 bits per heavy atom. The number of rotatable bonds is 7. The molecule has 0 amide bonds. The van der Waals surface area contributed by atoms with E-state index in [1.165, 1.54) is 7.11 Å². The first kappa shape index (κ1) is 26.5. The minimum Gasteiger partial charge on any atom is -0.490 e. The van der Waals surface area contributed by atoms with Gasteiger partial charge in [-0.3, -0.25) is 4.79 Å². The van der Waals surface area contributed by atoms with Crippen molar-refractivity contribution in [2.75, 3.05) is 13.7 Å². The van der Waals surface area contributed by atoms with Crippen LogP contribution in [0.2, 0.25) is 0 Å². The lowest BCUT2D eigenvalue weighted by Gasteiger charge is -2.29. The van der Waals surface area contributed by atoms with Gasteiger partial charge in [-0.1, -0.05) is 52.3 Å². The maximum atomic E-state index is 13.7. The molecule has 5 rings (SSSR count). The molecule has 3 aromatic rings. The number of benzene rings is 3. The molecule has 6 nitrogen and oxygen atoms in total. The van der Waals surface area contributed by atoms with Gasteiger partial charge < -0.3 is 19.5 Å². The highest BCUT2D eigenvalue weighted by molar-refractivity contribution is 14.1. The van der Waals surface area contributed by atoms with E-state index in [0.29, 0.717) is 47.1 Å². The molecule has 1 heterocycles. The van der Waals surface area contributed by atoms with Crippen molar-refractivity contribution in [3.05, 3.63) is 108 Å². The molecule has 2 aliphatic rings. The molecule has 1 aliphatic heterocycles. The van der Waals surface area contributed by atoms with Crippen molar-refractivity contribution in [3.8, 4) is 11.5 Å². The quantitative estimate of drug-likeness (QED) is 0.219. The number of allylic oxidation sites excluding steroid dienone is 2. The highest BCUT2D eigenvalue weighted by Crippen LogP contribution is 2.48. The van der Waals surface area contributed by atoms with Crippen LogP contribution in [0.4, 0.5) is 0 Å². The number of fused-ring (bicyclic) bond motifs is 2. The minimum absolute atomic E-state index is 0.106. The zero-order chi connectivity index (χ0) is 27.0. The third-order valence-corrected chi connectivity index (χ3v) is 7.95.